The number of rotatable bonds is 2. The van der Waals surface area contributed by atoms with E-state index >= 15 is 0 Å². The fraction of sp³-hybridized carbons (Fsp3) is 0.409. The lowest BCUT2D eigenvalue weighted by molar-refractivity contribution is 0.164. The fourth-order valence-corrected chi connectivity index (χ4v) is 4.53. The summed E-state index contributed by atoms with van der Waals surface area (Å²) in [7, 11) is 4.18. The number of nitrogens with one attached hydrogen (secondary N) is 1. The van der Waals surface area contributed by atoms with Gasteiger partial charge in [0.1, 0.15) is 0 Å². The normalized spacial score (nSPS) is 20.4. The first-order valence-corrected chi connectivity index (χ1v) is 10.4. The van der Waals surface area contributed by atoms with Crippen molar-refractivity contribution >= 4 is 29.0 Å². The Kier molecular flexibility index (Phi) is 5.67. The Morgan fingerprint density at radius 3 is 2.62 bits per heavy atom. The van der Waals surface area contributed by atoms with Gasteiger partial charge < -0.3 is 25.8 Å². The van der Waals surface area contributed by atoms with E-state index in [1.54, 1.807) is 0 Å². The van der Waals surface area contributed by atoms with Gasteiger partial charge in [0.2, 0.25) is 0 Å². The van der Waals surface area contributed by atoms with E-state index < -0.39 is 0 Å². The molecule has 1 fully saturated rings. The molecule has 0 saturated carbocycles. The zero-order chi connectivity index (χ0) is 20.5. The zero-order valence-corrected chi connectivity index (χ0v) is 17.7. The summed E-state index contributed by atoms with van der Waals surface area (Å²) in [6.45, 7) is 5.00. The molecule has 29 heavy (non-hydrogen) atoms. The van der Waals surface area contributed by atoms with Crippen molar-refractivity contribution < 1.29 is 4.79 Å². The molecule has 1 unspecified atom stereocenters. The second kappa shape index (κ2) is 8.22. The topological polar surface area (TPSA) is 64.8 Å². The Balaban J connectivity index is 1.57. The van der Waals surface area contributed by atoms with E-state index in [4.69, 9.17) is 17.3 Å². The number of piperazine rings is 1. The van der Waals surface area contributed by atoms with Crippen molar-refractivity contribution in [3.63, 3.8) is 0 Å². The standard InChI is InChI=1S/C22H28ClN5O/c1-26-6-8-28(9-7-26)22(29)25-17-5-3-4-15(10-17)19-13-27(2)14-20-18(19)11-16(24)12-21(20)23/h3-5,10-12,19H,6-9,13-14,24H2,1-2H3,(H,25,29). The molecule has 6 nitrogen and oxygen atoms in total. The predicted molar refractivity (Wildman–Crippen MR) is 119 cm³/mol. The summed E-state index contributed by atoms with van der Waals surface area (Å²) < 4.78 is 0. The predicted octanol–water partition coefficient (Wildman–Crippen LogP) is 3.28. The van der Waals surface area contributed by atoms with E-state index in [9.17, 15) is 4.79 Å². The van der Waals surface area contributed by atoms with E-state index in [1.807, 2.05) is 29.2 Å². The Morgan fingerprint density at radius 2 is 1.86 bits per heavy atom. The minimum atomic E-state index is -0.0382. The highest BCUT2D eigenvalue weighted by Gasteiger charge is 2.27. The van der Waals surface area contributed by atoms with Gasteiger partial charge in [-0.1, -0.05) is 23.7 Å². The summed E-state index contributed by atoms with van der Waals surface area (Å²) in [5, 5.41) is 3.79. The summed E-state index contributed by atoms with van der Waals surface area (Å²) >= 11 is 6.49. The van der Waals surface area contributed by atoms with E-state index in [-0.39, 0.29) is 11.9 Å². The summed E-state index contributed by atoms with van der Waals surface area (Å²) in [4.78, 5) is 19.0. The number of amides is 2. The number of nitrogens with two attached hydrogens (primary N) is 1. The van der Waals surface area contributed by atoms with E-state index in [0.717, 1.165) is 61.1 Å². The molecule has 0 spiro atoms. The number of hydrogen-bond donors (Lipinski definition) is 2. The van der Waals surface area contributed by atoms with Gasteiger partial charge in [0.25, 0.3) is 0 Å². The first-order valence-electron chi connectivity index (χ1n) is 10.0. The number of likely N-dealkylation sites (N-methyl/N-ethyl adjacent to an activating group) is 2. The SMILES string of the molecule is CN1CCN(C(=O)Nc2cccc(C3CN(C)Cc4c(Cl)cc(N)cc43)c2)CC1. The van der Waals surface area contributed by atoms with Crippen molar-refractivity contribution in [2.75, 3.05) is 57.9 Å². The van der Waals surface area contributed by atoms with Crippen LogP contribution in [0.1, 0.15) is 22.6 Å². The molecule has 4 rings (SSSR count). The number of hydrogen-bond acceptors (Lipinski definition) is 4. The van der Waals surface area contributed by atoms with Gasteiger partial charge in [-0.2, -0.15) is 0 Å². The highest BCUT2D eigenvalue weighted by molar-refractivity contribution is 6.31. The maximum absolute atomic E-state index is 12.7. The molecule has 2 aromatic carbocycles. The van der Waals surface area contributed by atoms with Gasteiger partial charge in [-0.15, -0.1) is 0 Å². The Hall–Kier alpha value is -2.28. The number of nitrogen functional groups attached to an aromatic ring is 1. The van der Waals surface area contributed by atoms with Gasteiger partial charge in [-0.05, 0) is 55.1 Å². The first kappa shape index (κ1) is 20.0. The summed E-state index contributed by atoms with van der Waals surface area (Å²) in [6, 6.07) is 11.9. The minimum absolute atomic E-state index is 0.0382. The Morgan fingerprint density at radius 1 is 1.10 bits per heavy atom. The van der Waals surface area contributed by atoms with Crippen LogP contribution < -0.4 is 11.1 Å². The summed E-state index contributed by atoms with van der Waals surface area (Å²) in [5.41, 5.74) is 11.0. The van der Waals surface area contributed by atoms with Crippen LogP contribution in [-0.4, -0.2) is 67.5 Å². The van der Waals surface area contributed by atoms with Gasteiger partial charge in [0.05, 0.1) is 0 Å². The number of halogens is 1. The average Bonchev–Trinajstić information content (AvgIpc) is 2.69. The molecule has 154 valence electrons. The second-order valence-corrected chi connectivity index (χ2v) is 8.57. The molecule has 3 N–H and O–H groups in total. The van der Waals surface area contributed by atoms with Gasteiger partial charge >= 0.3 is 6.03 Å². The maximum Gasteiger partial charge on any atom is 0.321 e. The molecule has 2 amide bonds. The molecule has 1 atom stereocenters. The lowest BCUT2D eigenvalue weighted by atomic mass is 9.84. The number of carbonyl (C=O) groups is 1. The van der Waals surface area contributed by atoms with E-state index in [1.165, 1.54) is 5.56 Å². The number of urea groups is 1. The van der Waals surface area contributed by atoms with Crippen molar-refractivity contribution in [2.24, 2.45) is 0 Å². The average molecular weight is 414 g/mol. The zero-order valence-electron chi connectivity index (χ0n) is 17.0. The van der Waals surface area contributed by atoms with Gasteiger partial charge in [0, 0.05) is 61.6 Å². The second-order valence-electron chi connectivity index (χ2n) is 8.17. The molecule has 2 aliphatic heterocycles. The van der Waals surface area contributed by atoms with Crippen LogP contribution in [0.25, 0.3) is 0 Å². The van der Waals surface area contributed by atoms with Gasteiger partial charge in [-0.3, -0.25) is 0 Å². The molecule has 1 saturated heterocycles. The molecule has 2 aromatic rings. The third-order valence-corrected chi connectivity index (χ3v) is 6.22. The molecule has 0 bridgehead atoms. The molecular weight excluding hydrogens is 386 g/mol. The fourth-order valence-electron chi connectivity index (χ4n) is 4.23. The Bertz CT molecular complexity index is 910. The van der Waals surface area contributed by atoms with Gasteiger partial charge in [-0.25, -0.2) is 4.79 Å². The van der Waals surface area contributed by atoms with Crippen LogP contribution in [0.2, 0.25) is 5.02 Å². The number of nitrogens with zero attached hydrogens (tertiary/aromatic N) is 3. The molecule has 0 radical (unpaired) electrons. The van der Waals surface area contributed by atoms with Crippen molar-refractivity contribution in [3.8, 4) is 0 Å². The largest absolute Gasteiger partial charge is 0.399 e. The van der Waals surface area contributed by atoms with Crippen molar-refractivity contribution in [1.29, 1.82) is 0 Å². The van der Waals surface area contributed by atoms with Crippen LogP contribution in [0.15, 0.2) is 36.4 Å². The van der Waals surface area contributed by atoms with Gasteiger partial charge in [0.15, 0.2) is 0 Å². The van der Waals surface area contributed by atoms with Crippen molar-refractivity contribution in [2.45, 2.75) is 12.5 Å². The van der Waals surface area contributed by atoms with Crippen LogP contribution in [0.5, 0.6) is 0 Å². The number of benzene rings is 2. The summed E-state index contributed by atoms with van der Waals surface area (Å²) in [6.07, 6.45) is 0. The third-order valence-electron chi connectivity index (χ3n) is 5.88. The van der Waals surface area contributed by atoms with E-state index in [0.29, 0.717) is 5.69 Å². The van der Waals surface area contributed by atoms with Crippen LogP contribution in [0.4, 0.5) is 16.2 Å². The van der Waals surface area contributed by atoms with Crippen molar-refractivity contribution in [1.82, 2.24) is 14.7 Å². The quantitative estimate of drug-likeness (QED) is 0.741. The monoisotopic (exact) mass is 413 g/mol. The van der Waals surface area contributed by atoms with Crippen LogP contribution in [0, 0.1) is 0 Å². The number of carbonyl (C=O) groups excluding carboxylic acids is 1. The molecule has 0 aliphatic carbocycles. The highest BCUT2D eigenvalue weighted by atomic mass is 35.5. The van der Waals surface area contributed by atoms with Crippen LogP contribution in [-0.2, 0) is 6.54 Å². The lowest BCUT2D eigenvalue weighted by Crippen LogP contribution is -2.48. The first-order chi connectivity index (χ1) is 13.9. The molecule has 2 heterocycles. The molecule has 2 aliphatic rings. The van der Waals surface area contributed by atoms with Crippen LogP contribution >= 0.6 is 11.6 Å². The van der Waals surface area contributed by atoms with Crippen molar-refractivity contribution in [3.05, 3.63) is 58.1 Å². The number of fused-ring (bicyclic) bond motifs is 1. The third kappa shape index (κ3) is 4.34. The molecule has 0 aromatic heterocycles. The van der Waals surface area contributed by atoms with Crippen LogP contribution in [0.3, 0.4) is 0 Å². The summed E-state index contributed by atoms with van der Waals surface area (Å²) in [5.74, 6) is 0.158. The number of anilines is 2. The van der Waals surface area contributed by atoms with E-state index in [2.05, 4.69) is 41.3 Å². The highest BCUT2D eigenvalue weighted by Crippen LogP contribution is 2.38. The lowest BCUT2D eigenvalue weighted by Gasteiger charge is -2.34. The molecule has 7 heteroatoms. The smallest absolute Gasteiger partial charge is 0.321 e. The maximum atomic E-state index is 12.7. The molecular formula is C22H28ClN5O. The minimum Gasteiger partial charge on any atom is -0.399 e. The Labute approximate surface area is 177 Å².